The number of nitrogens with zero attached hydrogens (tertiary/aromatic N) is 1. The average Bonchev–Trinajstić information content (AvgIpc) is 2.75. The Morgan fingerprint density at radius 1 is 0.941 bits per heavy atom. The predicted molar refractivity (Wildman–Crippen MR) is 133 cm³/mol. The Morgan fingerprint density at radius 2 is 1.62 bits per heavy atom. The van der Waals surface area contributed by atoms with E-state index in [4.69, 9.17) is 58.0 Å². The molecule has 10 heteroatoms. The van der Waals surface area contributed by atoms with E-state index in [-0.39, 0.29) is 38.0 Å². The zero-order valence-electron chi connectivity index (χ0n) is 17.1. The predicted octanol–water partition coefficient (Wildman–Crippen LogP) is 9.52. The van der Waals surface area contributed by atoms with Gasteiger partial charge in [0.05, 0.1) is 21.0 Å². The van der Waals surface area contributed by atoms with E-state index in [0.29, 0.717) is 28.1 Å². The number of halogens is 8. The number of hydrogen-bond acceptors (Lipinski definition) is 2. The molecule has 2 nitrogen and oxygen atoms in total. The maximum Gasteiger partial charge on any atom is 0.399 e. The van der Waals surface area contributed by atoms with Crippen LogP contribution in [-0.2, 0) is 6.42 Å². The number of aromatic nitrogens is 1. The number of benzene rings is 2. The van der Waals surface area contributed by atoms with Crippen molar-refractivity contribution in [2.45, 2.75) is 24.9 Å². The Kier molecular flexibility index (Phi) is 8.93. The van der Waals surface area contributed by atoms with Gasteiger partial charge in [0.15, 0.2) is 5.78 Å². The normalized spacial score (nSPS) is 12.8. The smallest absolute Gasteiger partial charge is 0.294 e. The second-order valence-corrected chi connectivity index (χ2v) is 9.31. The van der Waals surface area contributed by atoms with Crippen molar-refractivity contribution in [3.8, 4) is 0 Å². The third kappa shape index (κ3) is 6.89. The molecule has 3 rings (SSSR count). The Bertz CT molecular complexity index is 1220. The summed E-state index contributed by atoms with van der Waals surface area (Å²) in [5.41, 5.74) is 1.45. The molecule has 3 aromatic rings. The first-order chi connectivity index (χ1) is 16.0. The molecule has 0 aliphatic carbocycles. The van der Waals surface area contributed by atoms with Crippen molar-refractivity contribution in [1.29, 1.82) is 0 Å². The summed E-state index contributed by atoms with van der Waals surface area (Å²) in [6.45, 7) is 0. The van der Waals surface area contributed by atoms with Gasteiger partial charge >= 0.3 is 6.18 Å². The first-order valence-corrected chi connectivity index (χ1v) is 11.7. The Morgan fingerprint density at radius 3 is 2.21 bits per heavy atom. The molecule has 0 aliphatic heterocycles. The van der Waals surface area contributed by atoms with Gasteiger partial charge in [0, 0.05) is 23.2 Å². The second-order valence-electron chi connectivity index (χ2n) is 7.32. The maximum atomic E-state index is 13.7. The lowest BCUT2D eigenvalue weighted by atomic mass is 9.96. The van der Waals surface area contributed by atoms with E-state index in [0.717, 1.165) is 18.2 Å². The van der Waals surface area contributed by atoms with Gasteiger partial charge in [-0.15, -0.1) is 0 Å². The van der Waals surface area contributed by atoms with Crippen LogP contribution in [0.3, 0.4) is 0 Å². The molecule has 0 saturated carbocycles. The lowest BCUT2D eigenvalue weighted by molar-refractivity contribution is -0.139. The van der Waals surface area contributed by atoms with Gasteiger partial charge in [-0.1, -0.05) is 82.3 Å². The molecule has 1 unspecified atom stereocenters. The van der Waals surface area contributed by atoms with Gasteiger partial charge in [-0.25, -0.2) is 4.98 Å². The molecule has 0 amide bonds. The van der Waals surface area contributed by atoms with Crippen molar-refractivity contribution in [3.05, 3.63) is 102 Å². The monoisotopic (exact) mass is 565 g/mol. The number of alkyl halides is 3. The van der Waals surface area contributed by atoms with Crippen LogP contribution in [0.25, 0.3) is 6.08 Å². The first kappa shape index (κ1) is 26.8. The number of allylic oxidation sites excluding steroid dienone is 1. The number of carbonyl (C=O) groups excluding carboxylic acids is 1. The number of pyridine rings is 1. The molecule has 1 atom stereocenters. The van der Waals surface area contributed by atoms with E-state index in [1.807, 2.05) is 0 Å². The SMILES string of the molecule is O=C(CCc1ccc(/C=C/C(c2cc(Cl)c(Cl)c(Cl)c2)C(F)(F)F)cc1Cl)c1ccnc(Cl)c1. The molecule has 1 heterocycles. The van der Waals surface area contributed by atoms with Crippen LogP contribution in [-0.4, -0.2) is 16.9 Å². The average molecular weight is 568 g/mol. The standard InChI is InChI=1S/C24H15Cl5F3NO/c25-18-9-13(1-3-14(18)4-6-21(34)15-7-8-33-22(28)12-15)2-5-17(24(30,31)32)16-10-19(26)23(29)20(27)11-16/h1-3,5,7-12,17H,4,6H2/b5-2+. The summed E-state index contributed by atoms with van der Waals surface area (Å²) < 4.78 is 41.1. The molecule has 0 bridgehead atoms. The molecule has 0 aliphatic rings. The van der Waals surface area contributed by atoms with Crippen molar-refractivity contribution in [2.75, 3.05) is 0 Å². The Hall–Kier alpha value is -1.76. The fourth-order valence-corrected chi connectivity index (χ4v) is 4.28. The van der Waals surface area contributed by atoms with Crippen molar-refractivity contribution in [2.24, 2.45) is 0 Å². The van der Waals surface area contributed by atoms with Crippen LogP contribution in [0, 0.1) is 0 Å². The topological polar surface area (TPSA) is 30.0 Å². The van der Waals surface area contributed by atoms with Crippen LogP contribution in [0.15, 0.2) is 54.7 Å². The Labute approximate surface area is 219 Å². The molecular weight excluding hydrogens is 553 g/mol. The minimum absolute atomic E-state index is 0.00938. The molecule has 0 fully saturated rings. The van der Waals surface area contributed by atoms with E-state index in [9.17, 15) is 18.0 Å². The van der Waals surface area contributed by atoms with Crippen LogP contribution in [0.4, 0.5) is 13.2 Å². The number of Topliss-reactive ketones (excluding diaryl/α,β-unsaturated/α-hetero) is 1. The van der Waals surface area contributed by atoms with Crippen molar-refractivity contribution < 1.29 is 18.0 Å². The molecule has 0 radical (unpaired) electrons. The van der Waals surface area contributed by atoms with E-state index < -0.39 is 12.1 Å². The maximum absolute atomic E-state index is 13.7. The summed E-state index contributed by atoms with van der Waals surface area (Å²) in [5.74, 6) is -2.08. The largest absolute Gasteiger partial charge is 0.399 e. The third-order valence-electron chi connectivity index (χ3n) is 4.95. The molecular formula is C24H15Cl5F3NO. The highest BCUT2D eigenvalue weighted by atomic mass is 35.5. The minimum Gasteiger partial charge on any atom is -0.294 e. The summed E-state index contributed by atoms with van der Waals surface area (Å²) in [6, 6.07) is 10.2. The van der Waals surface area contributed by atoms with Gasteiger partial charge in [-0.05, 0) is 53.4 Å². The highest BCUT2D eigenvalue weighted by molar-refractivity contribution is 6.48. The van der Waals surface area contributed by atoms with Gasteiger partial charge in [0.2, 0.25) is 0 Å². The molecule has 0 saturated heterocycles. The van der Waals surface area contributed by atoms with Gasteiger partial charge < -0.3 is 0 Å². The van der Waals surface area contributed by atoms with E-state index >= 15 is 0 Å². The van der Waals surface area contributed by atoms with Crippen molar-refractivity contribution in [3.63, 3.8) is 0 Å². The van der Waals surface area contributed by atoms with Crippen molar-refractivity contribution >= 4 is 69.9 Å². The Balaban J connectivity index is 1.76. The van der Waals surface area contributed by atoms with E-state index in [1.165, 1.54) is 24.4 Å². The highest BCUT2D eigenvalue weighted by Gasteiger charge is 2.39. The lowest BCUT2D eigenvalue weighted by Gasteiger charge is -2.18. The minimum atomic E-state index is -4.59. The number of rotatable bonds is 7. The fraction of sp³-hybridized carbons (Fsp3) is 0.167. The summed E-state index contributed by atoms with van der Waals surface area (Å²) in [5, 5.41) is 0.416. The highest BCUT2D eigenvalue weighted by Crippen LogP contribution is 2.41. The number of aryl methyl sites for hydroxylation is 1. The van der Waals surface area contributed by atoms with Gasteiger partial charge in [0.1, 0.15) is 5.15 Å². The van der Waals surface area contributed by atoms with Crippen LogP contribution in [0.5, 0.6) is 0 Å². The molecule has 178 valence electrons. The number of carbonyl (C=O) groups is 1. The van der Waals surface area contributed by atoms with Gasteiger partial charge in [0.25, 0.3) is 0 Å². The number of hydrogen-bond donors (Lipinski definition) is 0. The van der Waals surface area contributed by atoms with Gasteiger partial charge in [-0.2, -0.15) is 13.2 Å². The van der Waals surface area contributed by atoms with Crippen LogP contribution in [0.1, 0.15) is 39.4 Å². The molecule has 0 spiro atoms. The van der Waals surface area contributed by atoms with Crippen LogP contribution in [0.2, 0.25) is 25.2 Å². The summed E-state index contributed by atoms with van der Waals surface area (Å²) in [6.07, 6.45) is -0.287. The molecule has 1 aromatic heterocycles. The van der Waals surface area contributed by atoms with Crippen molar-refractivity contribution in [1.82, 2.24) is 4.98 Å². The zero-order valence-corrected chi connectivity index (χ0v) is 20.9. The summed E-state index contributed by atoms with van der Waals surface area (Å²) in [4.78, 5) is 16.2. The lowest BCUT2D eigenvalue weighted by Crippen LogP contribution is -2.19. The fourth-order valence-electron chi connectivity index (χ4n) is 3.21. The quantitative estimate of drug-likeness (QED) is 0.162. The summed E-state index contributed by atoms with van der Waals surface area (Å²) >= 11 is 29.8. The van der Waals surface area contributed by atoms with Gasteiger partial charge in [-0.3, -0.25) is 4.79 Å². The zero-order chi connectivity index (χ0) is 25.0. The third-order valence-corrected chi connectivity index (χ3v) is 6.70. The first-order valence-electron chi connectivity index (χ1n) is 9.78. The van der Waals surface area contributed by atoms with Crippen LogP contribution < -0.4 is 0 Å². The van der Waals surface area contributed by atoms with E-state index in [2.05, 4.69) is 4.98 Å². The molecule has 34 heavy (non-hydrogen) atoms. The second kappa shape index (κ2) is 11.3. The molecule has 0 N–H and O–H groups in total. The van der Waals surface area contributed by atoms with Crippen LogP contribution >= 0.6 is 58.0 Å². The summed E-state index contributed by atoms with van der Waals surface area (Å²) in [7, 11) is 0. The van der Waals surface area contributed by atoms with E-state index in [1.54, 1.807) is 18.2 Å². The number of ketones is 1. The molecule has 2 aromatic carbocycles.